The first-order chi connectivity index (χ1) is 13.7. The fourth-order valence-electron chi connectivity index (χ4n) is 3.24. The number of ether oxygens (including phenoxy) is 2. The molecule has 1 aromatic heterocycles. The number of para-hydroxylation sites is 1. The lowest BCUT2D eigenvalue weighted by atomic mass is 10.1. The maximum atomic E-state index is 6.10. The van der Waals surface area contributed by atoms with Gasteiger partial charge in [-0.15, -0.1) is 0 Å². The molecule has 0 amide bonds. The predicted octanol–water partition coefficient (Wildman–Crippen LogP) is 4.18. The molecule has 1 aliphatic rings. The molecule has 0 spiro atoms. The SMILES string of the molecule is CCNC(=NCCC1=CCOCC1)NC(C)c1cc2cccc(OCC)c2o1. The minimum atomic E-state index is -0.0121. The number of aliphatic imine (C=N–C) groups is 1. The van der Waals surface area contributed by atoms with Crippen LogP contribution in [0.25, 0.3) is 11.0 Å². The molecule has 3 rings (SSSR count). The second-order valence-corrected chi connectivity index (χ2v) is 6.82. The molecule has 1 aromatic carbocycles. The van der Waals surface area contributed by atoms with Gasteiger partial charge in [0.25, 0.3) is 0 Å². The zero-order chi connectivity index (χ0) is 19.8. The number of guanidine groups is 1. The highest BCUT2D eigenvalue weighted by molar-refractivity contribution is 5.84. The summed E-state index contributed by atoms with van der Waals surface area (Å²) in [6, 6.07) is 8.02. The van der Waals surface area contributed by atoms with E-state index in [1.54, 1.807) is 0 Å². The summed E-state index contributed by atoms with van der Waals surface area (Å²) in [4.78, 5) is 4.72. The summed E-state index contributed by atoms with van der Waals surface area (Å²) in [6.45, 7) is 9.84. The molecule has 1 unspecified atom stereocenters. The molecule has 28 heavy (non-hydrogen) atoms. The largest absolute Gasteiger partial charge is 0.490 e. The first-order valence-electron chi connectivity index (χ1n) is 10.2. The lowest BCUT2D eigenvalue weighted by molar-refractivity contribution is 0.153. The maximum Gasteiger partial charge on any atom is 0.191 e. The van der Waals surface area contributed by atoms with Crippen molar-refractivity contribution in [3.8, 4) is 5.75 Å². The van der Waals surface area contributed by atoms with E-state index in [0.717, 1.165) is 67.6 Å². The van der Waals surface area contributed by atoms with Gasteiger partial charge in [-0.05, 0) is 45.7 Å². The quantitative estimate of drug-likeness (QED) is 0.405. The fraction of sp³-hybridized carbons (Fsp3) is 0.500. The number of rotatable bonds is 8. The third kappa shape index (κ3) is 5.29. The molecule has 0 saturated carbocycles. The number of nitrogens with zero attached hydrogens (tertiary/aromatic N) is 1. The summed E-state index contributed by atoms with van der Waals surface area (Å²) >= 11 is 0. The number of hydrogen-bond acceptors (Lipinski definition) is 4. The van der Waals surface area contributed by atoms with Crippen molar-refractivity contribution in [1.82, 2.24) is 10.6 Å². The molecule has 2 aromatic rings. The highest BCUT2D eigenvalue weighted by atomic mass is 16.5. The van der Waals surface area contributed by atoms with E-state index in [1.807, 2.05) is 25.1 Å². The van der Waals surface area contributed by atoms with Crippen LogP contribution in [-0.2, 0) is 4.74 Å². The van der Waals surface area contributed by atoms with Crippen molar-refractivity contribution in [1.29, 1.82) is 0 Å². The first kappa shape index (κ1) is 20.3. The normalized spacial score (nSPS) is 16.0. The van der Waals surface area contributed by atoms with E-state index < -0.39 is 0 Å². The number of hydrogen-bond donors (Lipinski definition) is 2. The van der Waals surface area contributed by atoms with Crippen molar-refractivity contribution >= 4 is 16.9 Å². The van der Waals surface area contributed by atoms with E-state index in [4.69, 9.17) is 18.9 Å². The van der Waals surface area contributed by atoms with Crippen LogP contribution in [0.4, 0.5) is 0 Å². The lowest BCUT2D eigenvalue weighted by Crippen LogP contribution is -2.38. The molecular weight excluding hydrogens is 354 g/mol. The zero-order valence-electron chi connectivity index (χ0n) is 17.1. The van der Waals surface area contributed by atoms with Gasteiger partial charge in [-0.3, -0.25) is 4.99 Å². The van der Waals surface area contributed by atoms with Crippen molar-refractivity contribution in [3.05, 3.63) is 41.7 Å². The number of nitrogens with one attached hydrogen (secondary N) is 2. The fourth-order valence-corrected chi connectivity index (χ4v) is 3.24. The van der Waals surface area contributed by atoms with Crippen LogP contribution in [0.2, 0.25) is 0 Å². The second kappa shape index (κ2) is 10.2. The minimum Gasteiger partial charge on any atom is -0.490 e. The Bertz CT molecular complexity index is 826. The zero-order valence-corrected chi connectivity index (χ0v) is 17.1. The van der Waals surface area contributed by atoms with Crippen molar-refractivity contribution < 1.29 is 13.9 Å². The van der Waals surface area contributed by atoms with Crippen LogP contribution >= 0.6 is 0 Å². The summed E-state index contributed by atoms with van der Waals surface area (Å²) in [5.41, 5.74) is 2.22. The molecule has 1 aliphatic heterocycles. The van der Waals surface area contributed by atoms with Gasteiger partial charge < -0.3 is 24.5 Å². The van der Waals surface area contributed by atoms with E-state index >= 15 is 0 Å². The van der Waals surface area contributed by atoms with Gasteiger partial charge in [0.1, 0.15) is 5.76 Å². The Morgan fingerprint density at radius 3 is 2.96 bits per heavy atom. The third-order valence-electron chi connectivity index (χ3n) is 4.71. The van der Waals surface area contributed by atoms with E-state index in [1.165, 1.54) is 5.57 Å². The monoisotopic (exact) mass is 385 g/mol. The highest BCUT2D eigenvalue weighted by Gasteiger charge is 2.15. The topological polar surface area (TPSA) is 68.0 Å². The summed E-state index contributed by atoms with van der Waals surface area (Å²) in [5.74, 6) is 2.44. The van der Waals surface area contributed by atoms with Crippen LogP contribution in [0.3, 0.4) is 0 Å². The van der Waals surface area contributed by atoms with Gasteiger partial charge in [-0.1, -0.05) is 23.8 Å². The van der Waals surface area contributed by atoms with Crippen LogP contribution in [0.1, 0.15) is 45.4 Å². The van der Waals surface area contributed by atoms with Gasteiger partial charge >= 0.3 is 0 Å². The predicted molar refractivity (Wildman–Crippen MR) is 113 cm³/mol. The molecular formula is C22H31N3O3. The highest BCUT2D eigenvalue weighted by Crippen LogP contribution is 2.31. The Labute approximate surface area is 167 Å². The van der Waals surface area contributed by atoms with Gasteiger partial charge in [0.15, 0.2) is 17.3 Å². The first-order valence-corrected chi connectivity index (χ1v) is 10.2. The molecule has 0 saturated heterocycles. The molecule has 152 valence electrons. The molecule has 2 heterocycles. The molecule has 2 N–H and O–H groups in total. The van der Waals surface area contributed by atoms with E-state index in [9.17, 15) is 0 Å². The van der Waals surface area contributed by atoms with Crippen LogP contribution in [0.15, 0.2) is 45.3 Å². The molecule has 0 fully saturated rings. The molecule has 6 heteroatoms. The molecule has 0 aliphatic carbocycles. The summed E-state index contributed by atoms with van der Waals surface area (Å²) < 4.78 is 17.1. The van der Waals surface area contributed by atoms with Gasteiger partial charge in [0.2, 0.25) is 0 Å². The van der Waals surface area contributed by atoms with Crippen LogP contribution in [-0.4, -0.2) is 38.9 Å². The van der Waals surface area contributed by atoms with Gasteiger partial charge in [0, 0.05) is 18.5 Å². The van der Waals surface area contributed by atoms with Crippen molar-refractivity contribution in [2.45, 2.75) is 39.7 Å². The van der Waals surface area contributed by atoms with Gasteiger partial charge in [-0.2, -0.15) is 0 Å². The Morgan fingerprint density at radius 1 is 1.32 bits per heavy atom. The van der Waals surface area contributed by atoms with E-state index in [0.29, 0.717) is 6.61 Å². The average molecular weight is 386 g/mol. The van der Waals surface area contributed by atoms with Crippen molar-refractivity contribution in [3.63, 3.8) is 0 Å². The van der Waals surface area contributed by atoms with Crippen LogP contribution in [0, 0.1) is 0 Å². The van der Waals surface area contributed by atoms with Crippen LogP contribution < -0.4 is 15.4 Å². The Kier molecular flexibility index (Phi) is 7.37. The van der Waals surface area contributed by atoms with Crippen molar-refractivity contribution in [2.75, 3.05) is 32.9 Å². The Morgan fingerprint density at radius 2 is 2.21 bits per heavy atom. The van der Waals surface area contributed by atoms with E-state index in [2.05, 4.69) is 36.6 Å². The number of benzene rings is 1. The Balaban J connectivity index is 1.66. The average Bonchev–Trinajstić information content (AvgIpc) is 3.15. The smallest absolute Gasteiger partial charge is 0.191 e. The van der Waals surface area contributed by atoms with Gasteiger partial charge in [0.05, 0.1) is 25.9 Å². The molecule has 0 radical (unpaired) electrons. The molecule has 1 atom stereocenters. The standard InChI is InChI=1S/C22H31N3O3/c1-4-23-22(24-12-9-17-10-13-26-14-11-17)25-16(3)20-15-18-7-6-8-19(27-5-2)21(18)28-20/h6-8,10,15-16H,4-5,9,11-14H2,1-3H3,(H2,23,24,25). The summed E-state index contributed by atoms with van der Waals surface area (Å²) in [5, 5.41) is 7.80. The van der Waals surface area contributed by atoms with Crippen molar-refractivity contribution in [2.24, 2.45) is 4.99 Å². The number of fused-ring (bicyclic) bond motifs is 1. The lowest BCUT2D eigenvalue weighted by Gasteiger charge is -2.17. The second-order valence-electron chi connectivity index (χ2n) is 6.82. The summed E-state index contributed by atoms with van der Waals surface area (Å²) in [6.07, 6.45) is 4.15. The van der Waals surface area contributed by atoms with Crippen LogP contribution in [0.5, 0.6) is 5.75 Å². The Hall–Kier alpha value is -2.47. The molecule has 0 bridgehead atoms. The maximum absolute atomic E-state index is 6.10. The summed E-state index contributed by atoms with van der Waals surface area (Å²) in [7, 11) is 0. The molecule has 6 nitrogen and oxygen atoms in total. The third-order valence-corrected chi connectivity index (χ3v) is 4.71. The minimum absolute atomic E-state index is 0.0121. The van der Waals surface area contributed by atoms with E-state index in [-0.39, 0.29) is 6.04 Å². The van der Waals surface area contributed by atoms with Gasteiger partial charge in [-0.25, -0.2) is 0 Å². The number of furan rings is 1.